The summed E-state index contributed by atoms with van der Waals surface area (Å²) >= 11 is 0. The van der Waals surface area contributed by atoms with Crippen LogP contribution in [-0.2, 0) is 0 Å². The Morgan fingerprint density at radius 2 is 2.03 bits per heavy atom. The minimum Gasteiger partial charge on any atom is -0.463 e. The predicted molar refractivity (Wildman–Crippen MR) is 114 cm³/mol. The number of hydrogen-bond donors (Lipinski definition) is 0. The normalized spacial score (nSPS) is 19.6. The summed E-state index contributed by atoms with van der Waals surface area (Å²) in [6, 6.07) is 11.9. The Labute approximate surface area is 183 Å². The van der Waals surface area contributed by atoms with E-state index in [1.165, 1.54) is 17.2 Å². The molecule has 0 N–H and O–H groups in total. The van der Waals surface area contributed by atoms with Crippen LogP contribution in [-0.4, -0.2) is 43.1 Å². The summed E-state index contributed by atoms with van der Waals surface area (Å²) in [5.74, 6) is 0.894. The van der Waals surface area contributed by atoms with Gasteiger partial charge in [0.1, 0.15) is 11.5 Å². The number of rotatable bonds is 4. The van der Waals surface area contributed by atoms with Crippen LogP contribution in [0.1, 0.15) is 29.6 Å². The maximum absolute atomic E-state index is 14.3. The molecule has 3 aromatic heterocycles. The van der Waals surface area contributed by atoms with Crippen molar-refractivity contribution < 1.29 is 13.6 Å². The van der Waals surface area contributed by atoms with Crippen LogP contribution in [0.3, 0.4) is 0 Å². The summed E-state index contributed by atoms with van der Waals surface area (Å²) in [5, 5.41) is 4.44. The lowest BCUT2D eigenvalue weighted by Gasteiger charge is -2.26. The Morgan fingerprint density at radius 1 is 1.12 bits per heavy atom. The van der Waals surface area contributed by atoms with E-state index in [9.17, 15) is 9.18 Å². The fourth-order valence-electron chi connectivity index (χ4n) is 4.90. The second-order valence-electron chi connectivity index (χ2n) is 8.31. The molecule has 0 radical (unpaired) electrons. The lowest BCUT2D eigenvalue weighted by molar-refractivity contribution is 0.0704. The molecule has 1 amide bonds. The highest BCUT2D eigenvalue weighted by Crippen LogP contribution is 2.39. The molecule has 32 heavy (non-hydrogen) atoms. The Balaban J connectivity index is 1.45. The van der Waals surface area contributed by atoms with Gasteiger partial charge in [0.05, 0.1) is 23.7 Å². The van der Waals surface area contributed by atoms with E-state index in [2.05, 4.69) is 15.1 Å². The van der Waals surface area contributed by atoms with Gasteiger partial charge in [-0.1, -0.05) is 12.1 Å². The summed E-state index contributed by atoms with van der Waals surface area (Å²) < 4.78 is 21.5. The van der Waals surface area contributed by atoms with E-state index in [-0.39, 0.29) is 17.7 Å². The van der Waals surface area contributed by atoms with Gasteiger partial charge in [0.25, 0.3) is 11.9 Å². The molecular weight excluding hydrogens is 409 g/mol. The third-order valence-electron chi connectivity index (χ3n) is 6.41. The molecule has 4 heterocycles. The molecule has 1 aliphatic carbocycles. The molecule has 1 saturated heterocycles. The number of amides is 1. The van der Waals surface area contributed by atoms with Gasteiger partial charge in [0.2, 0.25) is 0 Å². The number of aromatic nitrogens is 4. The number of carbonyl (C=O) groups is 1. The largest absolute Gasteiger partial charge is 0.463 e. The van der Waals surface area contributed by atoms with Crippen LogP contribution in [0, 0.1) is 11.7 Å². The van der Waals surface area contributed by atoms with E-state index in [1.807, 2.05) is 4.90 Å². The highest BCUT2D eigenvalue weighted by Gasteiger charge is 2.41. The molecule has 1 aromatic carbocycles. The number of likely N-dealkylation sites (tertiary alicyclic amines) is 1. The number of hydrogen-bond acceptors (Lipinski definition) is 5. The van der Waals surface area contributed by atoms with Crippen LogP contribution in [0.25, 0.3) is 28.7 Å². The van der Waals surface area contributed by atoms with Crippen molar-refractivity contribution in [2.24, 2.45) is 5.92 Å². The third kappa shape index (κ3) is 3.02. The van der Waals surface area contributed by atoms with Crippen LogP contribution in [0.15, 0.2) is 65.5 Å². The Kier molecular flexibility index (Phi) is 4.38. The zero-order valence-electron chi connectivity index (χ0n) is 17.2. The second kappa shape index (κ2) is 7.40. The Morgan fingerprint density at radius 3 is 2.78 bits per heavy atom. The Bertz CT molecular complexity index is 1300. The molecule has 2 atom stereocenters. The van der Waals surface area contributed by atoms with Gasteiger partial charge in [0.15, 0.2) is 5.76 Å². The molecular formula is C24H20FN5O2. The fourth-order valence-corrected chi connectivity index (χ4v) is 4.90. The van der Waals surface area contributed by atoms with Gasteiger partial charge in [-0.3, -0.25) is 4.79 Å². The van der Waals surface area contributed by atoms with E-state index < -0.39 is 0 Å². The van der Waals surface area contributed by atoms with Crippen LogP contribution in [0.4, 0.5) is 4.39 Å². The van der Waals surface area contributed by atoms with E-state index in [4.69, 9.17) is 4.42 Å². The average Bonchev–Trinajstić information content (AvgIpc) is 3.62. The van der Waals surface area contributed by atoms with Gasteiger partial charge in [-0.25, -0.2) is 14.4 Å². The molecule has 1 aliphatic heterocycles. The first-order chi connectivity index (χ1) is 15.7. The van der Waals surface area contributed by atoms with Gasteiger partial charge in [-0.2, -0.15) is 9.78 Å². The topological polar surface area (TPSA) is 77.0 Å². The van der Waals surface area contributed by atoms with Crippen molar-refractivity contribution in [2.75, 3.05) is 6.54 Å². The lowest BCUT2D eigenvalue weighted by atomic mass is 10.1. The zero-order valence-corrected chi connectivity index (χ0v) is 17.2. The molecule has 4 aromatic rings. The van der Waals surface area contributed by atoms with Crippen molar-refractivity contribution >= 4 is 5.91 Å². The number of halogens is 1. The first kappa shape index (κ1) is 18.9. The standard InChI is InChI=1S/C24H20FN5O2/c25-19-5-2-1-4-17(19)20-9-10-26-24(28-20)30-22(21-6-3-11-32-21)18(13-27-30)23(31)29-14-15-7-8-16(29)12-15/h1-6,9-11,13,15-16H,7-8,12,14H2. The molecule has 7 nitrogen and oxygen atoms in total. The predicted octanol–water partition coefficient (Wildman–Crippen LogP) is 4.35. The van der Waals surface area contributed by atoms with E-state index in [0.717, 1.165) is 19.4 Å². The molecule has 2 fully saturated rings. The highest BCUT2D eigenvalue weighted by atomic mass is 19.1. The maximum atomic E-state index is 14.3. The molecule has 1 saturated carbocycles. The summed E-state index contributed by atoms with van der Waals surface area (Å²) in [4.78, 5) is 24.3. The minimum absolute atomic E-state index is 0.0555. The monoisotopic (exact) mass is 429 g/mol. The Hall–Kier alpha value is -3.81. The van der Waals surface area contributed by atoms with Crippen molar-refractivity contribution in [3.63, 3.8) is 0 Å². The van der Waals surface area contributed by atoms with Gasteiger partial charge < -0.3 is 9.32 Å². The smallest absolute Gasteiger partial charge is 0.258 e. The molecule has 0 spiro atoms. The second-order valence-corrected chi connectivity index (χ2v) is 8.31. The summed E-state index contributed by atoms with van der Waals surface area (Å²) in [5.41, 5.74) is 1.74. The number of fused-ring (bicyclic) bond motifs is 2. The SMILES string of the molecule is O=C(c1cnn(-c2nccc(-c3ccccc3F)n2)c1-c1ccco1)N1CC2CCC1C2. The van der Waals surface area contributed by atoms with Crippen molar-refractivity contribution in [3.05, 3.63) is 72.5 Å². The van der Waals surface area contributed by atoms with Crippen molar-refractivity contribution in [1.29, 1.82) is 0 Å². The molecule has 2 aliphatic rings. The van der Waals surface area contributed by atoms with E-state index >= 15 is 0 Å². The van der Waals surface area contributed by atoms with E-state index in [0.29, 0.717) is 40.2 Å². The highest BCUT2D eigenvalue weighted by molar-refractivity contribution is 6.00. The van der Waals surface area contributed by atoms with Crippen LogP contribution >= 0.6 is 0 Å². The number of furan rings is 1. The summed E-state index contributed by atoms with van der Waals surface area (Å²) in [6.45, 7) is 0.783. The van der Waals surface area contributed by atoms with Gasteiger partial charge in [0, 0.05) is 24.3 Å². The zero-order chi connectivity index (χ0) is 21.7. The van der Waals surface area contributed by atoms with Crippen LogP contribution in [0.2, 0.25) is 0 Å². The van der Waals surface area contributed by atoms with Crippen LogP contribution in [0.5, 0.6) is 0 Å². The quantitative estimate of drug-likeness (QED) is 0.482. The first-order valence-corrected chi connectivity index (χ1v) is 10.7. The average molecular weight is 429 g/mol. The lowest BCUT2D eigenvalue weighted by Crippen LogP contribution is -2.37. The summed E-state index contributed by atoms with van der Waals surface area (Å²) in [6.07, 6.45) is 7.97. The maximum Gasteiger partial charge on any atom is 0.258 e. The molecule has 8 heteroatoms. The fraction of sp³-hybridized carbons (Fsp3) is 0.250. The molecule has 2 unspecified atom stereocenters. The summed E-state index contributed by atoms with van der Waals surface area (Å²) in [7, 11) is 0. The van der Waals surface area contributed by atoms with Gasteiger partial charge in [-0.15, -0.1) is 0 Å². The molecule has 6 rings (SSSR count). The van der Waals surface area contributed by atoms with E-state index in [1.54, 1.807) is 55.1 Å². The number of piperidine rings is 1. The minimum atomic E-state index is -0.371. The van der Waals surface area contributed by atoms with Crippen LogP contribution < -0.4 is 0 Å². The van der Waals surface area contributed by atoms with Crippen molar-refractivity contribution in [1.82, 2.24) is 24.6 Å². The number of benzene rings is 1. The molecule has 2 bridgehead atoms. The number of nitrogens with zero attached hydrogens (tertiary/aromatic N) is 5. The third-order valence-corrected chi connectivity index (χ3v) is 6.41. The van der Waals surface area contributed by atoms with Crippen molar-refractivity contribution in [3.8, 4) is 28.7 Å². The first-order valence-electron chi connectivity index (χ1n) is 10.7. The van der Waals surface area contributed by atoms with Gasteiger partial charge >= 0.3 is 0 Å². The van der Waals surface area contributed by atoms with Crippen molar-refractivity contribution in [2.45, 2.75) is 25.3 Å². The number of carbonyl (C=O) groups excluding carboxylic acids is 1. The molecule has 160 valence electrons. The van der Waals surface area contributed by atoms with Gasteiger partial charge in [-0.05, 0) is 55.5 Å².